The fraction of sp³-hybridized carbons (Fsp3) is 0.133. The third kappa shape index (κ3) is 3.67. The maximum Gasteiger partial charge on any atom is 0.340 e. The SMILES string of the molecule is C[C@@H](OC(=O)c1ccc([N+](=O)[O-])cc1Cl)c1nnc(-c2cccs2)o1. The molecule has 3 rings (SSSR count). The summed E-state index contributed by atoms with van der Waals surface area (Å²) in [7, 11) is 0. The molecule has 0 spiro atoms. The van der Waals surface area contributed by atoms with Gasteiger partial charge in [-0.15, -0.1) is 21.5 Å². The van der Waals surface area contributed by atoms with Gasteiger partial charge in [-0.1, -0.05) is 17.7 Å². The summed E-state index contributed by atoms with van der Waals surface area (Å²) in [6.07, 6.45) is -0.806. The number of esters is 1. The van der Waals surface area contributed by atoms with Gasteiger partial charge in [0.2, 0.25) is 0 Å². The van der Waals surface area contributed by atoms with Gasteiger partial charge in [-0.3, -0.25) is 10.1 Å². The zero-order chi connectivity index (χ0) is 18.0. The Bertz CT molecular complexity index is 925. The van der Waals surface area contributed by atoms with E-state index >= 15 is 0 Å². The first-order chi connectivity index (χ1) is 12.0. The normalized spacial score (nSPS) is 11.9. The van der Waals surface area contributed by atoms with Gasteiger partial charge in [0.05, 0.1) is 20.4 Å². The molecule has 0 aliphatic heterocycles. The highest BCUT2D eigenvalue weighted by Crippen LogP contribution is 2.28. The lowest BCUT2D eigenvalue weighted by molar-refractivity contribution is -0.384. The highest BCUT2D eigenvalue weighted by Gasteiger charge is 2.22. The summed E-state index contributed by atoms with van der Waals surface area (Å²) in [5.41, 5.74) is -0.204. The van der Waals surface area contributed by atoms with Crippen molar-refractivity contribution in [3.8, 4) is 10.8 Å². The number of ether oxygens (including phenoxy) is 1. The van der Waals surface area contributed by atoms with Crippen LogP contribution in [0.25, 0.3) is 10.8 Å². The number of carbonyl (C=O) groups excluding carboxylic acids is 1. The minimum atomic E-state index is -0.806. The van der Waals surface area contributed by atoms with Crippen LogP contribution in [0.4, 0.5) is 5.69 Å². The molecule has 10 heteroatoms. The van der Waals surface area contributed by atoms with E-state index in [1.54, 1.807) is 6.92 Å². The number of carbonyl (C=O) groups is 1. The topological polar surface area (TPSA) is 108 Å². The monoisotopic (exact) mass is 379 g/mol. The highest BCUT2D eigenvalue weighted by atomic mass is 35.5. The average molecular weight is 380 g/mol. The summed E-state index contributed by atoms with van der Waals surface area (Å²) < 4.78 is 10.7. The summed E-state index contributed by atoms with van der Waals surface area (Å²) >= 11 is 7.36. The number of halogens is 1. The summed E-state index contributed by atoms with van der Waals surface area (Å²) in [5.74, 6) is -0.278. The van der Waals surface area contributed by atoms with Gasteiger partial charge in [0.25, 0.3) is 17.5 Å². The number of benzene rings is 1. The molecule has 0 saturated carbocycles. The van der Waals surface area contributed by atoms with Crippen molar-refractivity contribution in [2.45, 2.75) is 13.0 Å². The Hall–Kier alpha value is -2.78. The van der Waals surface area contributed by atoms with Gasteiger partial charge in [0, 0.05) is 12.1 Å². The number of nitrogens with zero attached hydrogens (tertiary/aromatic N) is 3. The molecule has 8 nitrogen and oxygen atoms in total. The highest BCUT2D eigenvalue weighted by molar-refractivity contribution is 7.13. The number of non-ortho nitro benzene ring substituents is 1. The molecule has 128 valence electrons. The fourth-order valence-electron chi connectivity index (χ4n) is 1.96. The van der Waals surface area contributed by atoms with Crippen LogP contribution in [0.15, 0.2) is 40.1 Å². The van der Waals surface area contributed by atoms with E-state index in [1.165, 1.54) is 23.5 Å². The van der Waals surface area contributed by atoms with Crippen LogP contribution in [-0.4, -0.2) is 21.1 Å². The Balaban J connectivity index is 1.73. The third-order valence-corrected chi connectivity index (χ3v) is 4.36. The molecule has 1 aromatic carbocycles. The van der Waals surface area contributed by atoms with Crippen LogP contribution in [0, 0.1) is 10.1 Å². The molecule has 0 aliphatic carbocycles. The lowest BCUT2D eigenvalue weighted by Crippen LogP contribution is -2.10. The predicted octanol–water partition coefficient (Wildman–Crippen LogP) is 4.28. The lowest BCUT2D eigenvalue weighted by Gasteiger charge is -2.10. The molecule has 0 aliphatic rings. The van der Waals surface area contributed by atoms with E-state index in [1.807, 2.05) is 17.5 Å². The Morgan fingerprint density at radius 2 is 2.20 bits per heavy atom. The van der Waals surface area contributed by atoms with E-state index in [2.05, 4.69) is 10.2 Å². The number of hydrogen-bond donors (Lipinski definition) is 0. The van der Waals surface area contributed by atoms with Gasteiger partial charge in [-0.05, 0) is 24.4 Å². The van der Waals surface area contributed by atoms with Crippen molar-refractivity contribution in [3.05, 3.63) is 62.3 Å². The first-order valence-corrected chi connectivity index (χ1v) is 8.23. The second-order valence-electron chi connectivity index (χ2n) is 4.89. The maximum absolute atomic E-state index is 12.2. The van der Waals surface area contributed by atoms with E-state index in [9.17, 15) is 14.9 Å². The zero-order valence-corrected chi connectivity index (χ0v) is 14.3. The van der Waals surface area contributed by atoms with E-state index in [4.69, 9.17) is 20.8 Å². The molecule has 0 N–H and O–H groups in total. The van der Waals surface area contributed by atoms with Gasteiger partial charge < -0.3 is 9.15 Å². The molecule has 0 unspecified atom stereocenters. The van der Waals surface area contributed by atoms with Crippen LogP contribution in [0.3, 0.4) is 0 Å². The average Bonchev–Trinajstić information content (AvgIpc) is 3.25. The fourth-order valence-corrected chi connectivity index (χ4v) is 2.85. The molecule has 0 amide bonds. The van der Waals surface area contributed by atoms with Gasteiger partial charge in [-0.2, -0.15) is 0 Å². The summed E-state index contributed by atoms with van der Waals surface area (Å²) in [5, 5.41) is 20.3. The predicted molar refractivity (Wildman–Crippen MR) is 89.5 cm³/mol. The Morgan fingerprint density at radius 3 is 2.84 bits per heavy atom. The van der Waals surface area contributed by atoms with Crippen molar-refractivity contribution in [2.75, 3.05) is 0 Å². The molecule has 3 aromatic rings. The van der Waals surface area contributed by atoms with Gasteiger partial charge in [-0.25, -0.2) is 4.79 Å². The molecule has 2 heterocycles. The van der Waals surface area contributed by atoms with E-state index in [-0.39, 0.29) is 22.2 Å². The van der Waals surface area contributed by atoms with Crippen LogP contribution in [0.2, 0.25) is 5.02 Å². The van der Waals surface area contributed by atoms with Crippen molar-refractivity contribution in [3.63, 3.8) is 0 Å². The van der Waals surface area contributed by atoms with Crippen molar-refractivity contribution < 1.29 is 18.9 Å². The first-order valence-electron chi connectivity index (χ1n) is 6.98. The molecule has 2 aromatic heterocycles. The van der Waals surface area contributed by atoms with E-state index < -0.39 is 17.0 Å². The summed E-state index contributed by atoms with van der Waals surface area (Å²) in [6.45, 7) is 1.57. The Labute approximate surface area is 150 Å². The van der Waals surface area contributed by atoms with Crippen molar-refractivity contribution in [1.29, 1.82) is 0 Å². The first kappa shape index (κ1) is 17.1. The summed E-state index contributed by atoms with van der Waals surface area (Å²) in [6, 6.07) is 7.18. The Morgan fingerprint density at radius 1 is 1.40 bits per heavy atom. The van der Waals surface area contributed by atoms with E-state index in [0.717, 1.165) is 10.9 Å². The minimum absolute atomic E-state index is 0.0112. The second-order valence-corrected chi connectivity index (χ2v) is 6.25. The number of rotatable bonds is 5. The van der Waals surface area contributed by atoms with Crippen LogP contribution < -0.4 is 0 Å². The number of thiophene rings is 1. The van der Waals surface area contributed by atoms with Crippen LogP contribution in [-0.2, 0) is 4.74 Å². The van der Waals surface area contributed by atoms with Gasteiger partial charge >= 0.3 is 5.97 Å². The zero-order valence-electron chi connectivity index (χ0n) is 12.7. The number of aromatic nitrogens is 2. The standard InChI is InChI=1S/C15H10ClN3O5S/c1-8(13-17-18-14(24-13)12-3-2-6-25-12)23-15(20)10-5-4-9(19(21)22)7-11(10)16/h2-8H,1H3/t8-/m1/s1. The van der Waals surface area contributed by atoms with Crippen molar-refractivity contribution >= 4 is 34.6 Å². The lowest BCUT2D eigenvalue weighted by atomic mass is 10.2. The number of hydrogen-bond acceptors (Lipinski definition) is 8. The van der Waals surface area contributed by atoms with Gasteiger partial charge in [0.1, 0.15) is 0 Å². The summed E-state index contributed by atoms with van der Waals surface area (Å²) in [4.78, 5) is 23.1. The molecular weight excluding hydrogens is 370 g/mol. The number of nitro groups is 1. The third-order valence-electron chi connectivity index (χ3n) is 3.19. The maximum atomic E-state index is 12.2. The minimum Gasteiger partial charge on any atom is -0.449 e. The second kappa shape index (κ2) is 6.99. The van der Waals surface area contributed by atoms with Crippen molar-refractivity contribution in [1.82, 2.24) is 10.2 Å². The van der Waals surface area contributed by atoms with Crippen LogP contribution in [0.5, 0.6) is 0 Å². The molecule has 0 saturated heterocycles. The largest absolute Gasteiger partial charge is 0.449 e. The number of nitro benzene ring substituents is 1. The van der Waals surface area contributed by atoms with Gasteiger partial charge in [0.15, 0.2) is 6.10 Å². The van der Waals surface area contributed by atoms with Crippen LogP contribution in [0.1, 0.15) is 29.3 Å². The molecule has 0 bridgehead atoms. The van der Waals surface area contributed by atoms with E-state index in [0.29, 0.717) is 5.89 Å². The molecule has 25 heavy (non-hydrogen) atoms. The molecular formula is C15H10ClN3O5S. The Kier molecular flexibility index (Phi) is 4.77. The molecule has 1 atom stereocenters. The van der Waals surface area contributed by atoms with Crippen molar-refractivity contribution in [2.24, 2.45) is 0 Å². The quantitative estimate of drug-likeness (QED) is 0.369. The molecule has 0 fully saturated rings. The molecule has 0 radical (unpaired) electrons. The van der Waals surface area contributed by atoms with Crippen LogP contribution >= 0.6 is 22.9 Å². The smallest absolute Gasteiger partial charge is 0.340 e.